The van der Waals surface area contributed by atoms with E-state index >= 15 is 0 Å². The summed E-state index contributed by atoms with van der Waals surface area (Å²) in [7, 11) is 0. The van der Waals surface area contributed by atoms with Crippen LogP contribution in [0.1, 0.15) is 18.9 Å². The first-order valence-corrected chi connectivity index (χ1v) is 5.10. The second-order valence-corrected chi connectivity index (χ2v) is 3.88. The van der Waals surface area contributed by atoms with E-state index in [0.717, 1.165) is 6.42 Å². The van der Waals surface area contributed by atoms with Gasteiger partial charge in [0, 0.05) is 12.5 Å². The van der Waals surface area contributed by atoms with Gasteiger partial charge in [0.05, 0.1) is 6.04 Å². The van der Waals surface area contributed by atoms with E-state index in [1.54, 1.807) is 0 Å². The second-order valence-electron chi connectivity index (χ2n) is 3.88. The molecule has 1 N–H and O–H groups in total. The zero-order valence-corrected chi connectivity index (χ0v) is 8.36. The van der Waals surface area contributed by atoms with Gasteiger partial charge < -0.3 is 5.32 Å². The Kier molecular flexibility index (Phi) is 2.64. The van der Waals surface area contributed by atoms with Gasteiger partial charge in [-0.3, -0.25) is 4.79 Å². The average Bonchev–Trinajstić information content (AvgIpc) is 2.94. The van der Waals surface area contributed by atoms with E-state index in [9.17, 15) is 4.79 Å². The van der Waals surface area contributed by atoms with Gasteiger partial charge in [-0.1, -0.05) is 30.3 Å². The minimum atomic E-state index is 0.138. The molecule has 2 rings (SSSR count). The van der Waals surface area contributed by atoms with E-state index in [1.807, 2.05) is 25.1 Å². The molecule has 2 atom stereocenters. The predicted molar refractivity (Wildman–Crippen MR) is 56.2 cm³/mol. The van der Waals surface area contributed by atoms with Crippen molar-refractivity contribution in [1.29, 1.82) is 0 Å². The van der Waals surface area contributed by atoms with Crippen molar-refractivity contribution in [3.63, 3.8) is 0 Å². The molecular weight excluding hydrogens is 174 g/mol. The fourth-order valence-corrected chi connectivity index (χ4v) is 1.67. The Morgan fingerprint density at radius 1 is 1.36 bits per heavy atom. The van der Waals surface area contributed by atoms with Crippen molar-refractivity contribution in [3.8, 4) is 0 Å². The Hall–Kier alpha value is -1.15. The number of hydrogen-bond acceptors (Lipinski definition) is 2. The van der Waals surface area contributed by atoms with Crippen LogP contribution in [0.3, 0.4) is 0 Å². The molecule has 1 saturated heterocycles. The molecule has 1 fully saturated rings. The van der Waals surface area contributed by atoms with E-state index in [4.69, 9.17) is 0 Å². The van der Waals surface area contributed by atoms with Crippen molar-refractivity contribution in [3.05, 3.63) is 35.9 Å². The quantitative estimate of drug-likeness (QED) is 0.730. The zero-order chi connectivity index (χ0) is 9.97. The first-order valence-electron chi connectivity index (χ1n) is 5.10. The van der Waals surface area contributed by atoms with Crippen LogP contribution in [-0.4, -0.2) is 17.9 Å². The molecule has 0 unspecified atom stereocenters. The molecule has 0 amide bonds. The number of rotatable bonds is 4. The highest BCUT2D eigenvalue weighted by molar-refractivity contribution is 5.87. The van der Waals surface area contributed by atoms with Gasteiger partial charge in [-0.05, 0) is 18.9 Å². The van der Waals surface area contributed by atoms with E-state index in [-0.39, 0.29) is 6.04 Å². The van der Waals surface area contributed by atoms with Crippen molar-refractivity contribution < 1.29 is 4.79 Å². The molecule has 0 aromatic heterocycles. The maximum atomic E-state index is 11.5. The summed E-state index contributed by atoms with van der Waals surface area (Å²) >= 11 is 0. The highest BCUT2D eigenvalue weighted by Crippen LogP contribution is 2.14. The number of nitrogens with one attached hydrogen (secondary N) is 1. The van der Waals surface area contributed by atoms with Gasteiger partial charge in [-0.2, -0.15) is 0 Å². The summed E-state index contributed by atoms with van der Waals surface area (Å²) in [5.74, 6) is 0.348. The molecule has 74 valence electrons. The number of hydrogen-bond donors (Lipinski definition) is 1. The zero-order valence-electron chi connectivity index (χ0n) is 8.36. The van der Waals surface area contributed by atoms with Crippen molar-refractivity contribution >= 4 is 5.78 Å². The third kappa shape index (κ3) is 2.20. The lowest BCUT2D eigenvalue weighted by molar-refractivity contribution is -0.118. The third-order valence-electron chi connectivity index (χ3n) is 2.68. The second kappa shape index (κ2) is 3.93. The molecule has 14 heavy (non-hydrogen) atoms. The Bertz CT molecular complexity index is 320. The van der Waals surface area contributed by atoms with Crippen LogP contribution in [-0.2, 0) is 11.2 Å². The molecule has 0 aliphatic carbocycles. The molecule has 2 nitrogen and oxygen atoms in total. The van der Waals surface area contributed by atoms with Gasteiger partial charge in [-0.15, -0.1) is 0 Å². The van der Waals surface area contributed by atoms with Crippen molar-refractivity contribution in [2.45, 2.75) is 31.8 Å². The monoisotopic (exact) mass is 189 g/mol. The molecule has 0 bridgehead atoms. The summed E-state index contributed by atoms with van der Waals surface area (Å²) in [5, 5.41) is 3.12. The van der Waals surface area contributed by atoms with Gasteiger partial charge in [0.1, 0.15) is 0 Å². The summed E-state index contributed by atoms with van der Waals surface area (Å²) < 4.78 is 0. The first kappa shape index (κ1) is 9.41. The SMILES string of the molecule is C[C@@H]1N[C@@H]1C(=O)CCc1ccccc1. The average molecular weight is 189 g/mol. The largest absolute Gasteiger partial charge is 0.302 e. The number of aryl methyl sites for hydroxylation is 1. The van der Waals surface area contributed by atoms with Crippen molar-refractivity contribution in [1.82, 2.24) is 5.32 Å². The van der Waals surface area contributed by atoms with Crippen LogP contribution in [0.5, 0.6) is 0 Å². The minimum Gasteiger partial charge on any atom is -0.302 e. The fraction of sp³-hybridized carbons (Fsp3) is 0.417. The van der Waals surface area contributed by atoms with Crippen LogP contribution < -0.4 is 5.32 Å². The van der Waals surface area contributed by atoms with Crippen LogP contribution in [0.25, 0.3) is 0 Å². The summed E-state index contributed by atoms with van der Waals surface area (Å²) in [6, 6.07) is 10.7. The van der Waals surface area contributed by atoms with Crippen LogP contribution in [0.2, 0.25) is 0 Å². The van der Waals surface area contributed by atoms with Gasteiger partial charge in [0.15, 0.2) is 5.78 Å². The summed E-state index contributed by atoms with van der Waals surface area (Å²) in [5.41, 5.74) is 1.24. The van der Waals surface area contributed by atoms with Crippen LogP contribution in [0, 0.1) is 0 Å². The molecule has 1 aliphatic rings. The molecule has 1 heterocycles. The Balaban J connectivity index is 1.80. The van der Waals surface area contributed by atoms with Crippen molar-refractivity contribution in [2.24, 2.45) is 0 Å². The Morgan fingerprint density at radius 2 is 2.00 bits per heavy atom. The standard InChI is InChI=1S/C12H15NO/c1-9-12(13-9)11(14)8-7-10-5-3-2-4-6-10/h2-6,9,12-13H,7-8H2,1H3/t9-,12-/m0/s1. The van der Waals surface area contributed by atoms with E-state index in [1.165, 1.54) is 5.56 Å². The Labute approximate surface area is 84.3 Å². The minimum absolute atomic E-state index is 0.138. The lowest BCUT2D eigenvalue weighted by atomic mass is 10.1. The lowest BCUT2D eigenvalue weighted by Crippen LogP contribution is -2.11. The predicted octanol–water partition coefficient (Wildman–Crippen LogP) is 1.55. The van der Waals surface area contributed by atoms with Gasteiger partial charge in [0.25, 0.3) is 0 Å². The Morgan fingerprint density at radius 3 is 2.57 bits per heavy atom. The smallest absolute Gasteiger partial charge is 0.151 e. The topological polar surface area (TPSA) is 39.0 Å². The molecule has 1 aliphatic heterocycles. The molecule has 0 spiro atoms. The van der Waals surface area contributed by atoms with Gasteiger partial charge in [-0.25, -0.2) is 0 Å². The molecule has 1 aromatic rings. The van der Waals surface area contributed by atoms with E-state index in [2.05, 4.69) is 17.4 Å². The molecule has 1 aromatic carbocycles. The highest BCUT2D eigenvalue weighted by atomic mass is 16.1. The lowest BCUT2D eigenvalue weighted by Gasteiger charge is -1.99. The molecular formula is C12H15NO. The molecule has 2 heteroatoms. The number of Topliss-reactive ketones (excluding diaryl/α,β-unsaturated/α-hetero) is 1. The van der Waals surface area contributed by atoms with Crippen LogP contribution in [0.15, 0.2) is 30.3 Å². The van der Waals surface area contributed by atoms with Gasteiger partial charge in [0.2, 0.25) is 0 Å². The number of benzene rings is 1. The number of carbonyl (C=O) groups excluding carboxylic acids is 1. The van der Waals surface area contributed by atoms with Crippen molar-refractivity contribution in [2.75, 3.05) is 0 Å². The summed E-state index contributed by atoms with van der Waals surface area (Å²) in [6.07, 6.45) is 1.52. The number of carbonyl (C=O) groups is 1. The maximum Gasteiger partial charge on any atom is 0.151 e. The molecule has 0 saturated carbocycles. The van der Waals surface area contributed by atoms with Gasteiger partial charge >= 0.3 is 0 Å². The van der Waals surface area contributed by atoms with E-state index in [0.29, 0.717) is 18.2 Å². The number of ketones is 1. The highest BCUT2D eigenvalue weighted by Gasteiger charge is 2.37. The van der Waals surface area contributed by atoms with E-state index < -0.39 is 0 Å². The summed E-state index contributed by atoms with van der Waals surface area (Å²) in [4.78, 5) is 11.5. The normalized spacial score (nSPS) is 24.6. The molecule has 0 radical (unpaired) electrons. The summed E-state index contributed by atoms with van der Waals surface area (Å²) in [6.45, 7) is 2.05. The third-order valence-corrected chi connectivity index (χ3v) is 2.68. The van der Waals surface area contributed by atoms with Crippen LogP contribution >= 0.6 is 0 Å². The first-order chi connectivity index (χ1) is 6.77. The fourth-order valence-electron chi connectivity index (χ4n) is 1.67. The van der Waals surface area contributed by atoms with Crippen LogP contribution in [0.4, 0.5) is 0 Å². The maximum absolute atomic E-state index is 11.5.